The van der Waals surface area contributed by atoms with Gasteiger partial charge < -0.3 is 4.42 Å². The molecule has 4 heteroatoms. The van der Waals surface area contributed by atoms with E-state index in [1.165, 1.54) is 11.1 Å². The summed E-state index contributed by atoms with van der Waals surface area (Å²) in [6.07, 6.45) is 2.12. The van der Waals surface area contributed by atoms with Crippen LogP contribution in [-0.2, 0) is 11.9 Å². The second kappa shape index (κ2) is 4.72. The largest absolute Gasteiger partial charge is 0.437 e. The molecule has 4 heterocycles. The number of fused-ring (bicyclic) bond motifs is 7. The van der Waals surface area contributed by atoms with Crippen LogP contribution < -0.4 is 4.57 Å². The molecule has 120 valence electrons. The lowest BCUT2D eigenvalue weighted by atomic mass is 9.67. The van der Waals surface area contributed by atoms with E-state index >= 15 is 0 Å². The number of aryl methyl sites for hydroxylation is 1. The van der Waals surface area contributed by atoms with Gasteiger partial charge in [-0.3, -0.25) is 0 Å². The van der Waals surface area contributed by atoms with Crippen molar-refractivity contribution in [2.75, 3.05) is 0 Å². The fourth-order valence-electron chi connectivity index (χ4n) is 3.73. The molecule has 0 spiro atoms. The van der Waals surface area contributed by atoms with Crippen molar-refractivity contribution in [1.82, 2.24) is 4.98 Å². The second-order valence-electron chi connectivity index (χ2n) is 7.53. The standard InChI is InChI=1S/C21H18BN2O/c1-12-4-6-16-15-7-5-13-11-24-9-8-14(21(2,3)22)10-17(24)18(13)19(15)25-20(16)23-12/h4-10H,11H2,1-3H3/q+1. The molecule has 1 aliphatic rings. The van der Waals surface area contributed by atoms with E-state index in [1.54, 1.807) is 0 Å². The lowest BCUT2D eigenvalue weighted by molar-refractivity contribution is -0.672. The Labute approximate surface area is 147 Å². The molecule has 0 saturated heterocycles. The van der Waals surface area contributed by atoms with E-state index in [0.29, 0.717) is 5.71 Å². The van der Waals surface area contributed by atoms with Gasteiger partial charge in [0.05, 0.1) is 13.4 Å². The smallest absolute Gasteiger partial charge is 0.227 e. The molecule has 0 bridgehead atoms. The number of benzene rings is 1. The fourth-order valence-corrected chi connectivity index (χ4v) is 3.73. The lowest BCUT2D eigenvalue weighted by Crippen LogP contribution is -2.33. The van der Waals surface area contributed by atoms with E-state index in [-0.39, 0.29) is 5.31 Å². The topological polar surface area (TPSA) is 29.9 Å². The molecule has 0 unspecified atom stereocenters. The van der Waals surface area contributed by atoms with Gasteiger partial charge in [-0.2, -0.15) is 4.57 Å². The van der Waals surface area contributed by atoms with E-state index in [0.717, 1.165) is 39.9 Å². The summed E-state index contributed by atoms with van der Waals surface area (Å²) in [7, 11) is 6.32. The number of aromatic nitrogens is 2. The molecular weight excluding hydrogens is 307 g/mol. The number of hydrogen-bond donors (Lipinski definition) is 0. The maximum absolute atomic E-state index is 6.32. The zero-order chi connectivity index (χ0) is 17.3. The van der Waals surface area contributed by atoms with Crippen LogP contribution in [0, 0.1) is 6.92 Å². The maximum Gasteiger partial charge on any atom is 0.227 e. The Bertz CT molecular complexity index is 1170. The molecule has 3 nitrogen and oxygen atoms in total. The molecule has 0 saturated carbocycles. The van der Waals surface area contributed by atoms with Crippen molar-refractivity contribution in [3.05, 3.63) is 59.4 Å². The monoisotopic (exact) mass is 325 g/mol. The first-order chi connectivity index (χ1) is 11.9. The van der Waals surface area contributed by atoms with Gasteiger partial charge >= 0.3 is 0 Å². The Hall–Kier alpha value is -2.62. The quantitative estimate of drug-likeness (QED) is 0.344. The number of furan rings is 1. The number of pyridine rings is 2. The van der Waals surface area contributed by atoms with Crippen LogP contribution in [0.2, 0.25) is 0 Å². The molecule has 5 rings (SSSR count). The highest BCUT2D eigenvalue weighted by atomic mass is 16.3. The van der Waals surface area contributed by atoms with Crippen molar-refractivity contribution in [3.8, 4) is 11.3 Å². The van der Waals surface area contributed by atoms with Crippen molar-refractivity contribution in [2.45, 2.75) is 32.6 Å². The van der Waals surface area contributed by atoms with Crippen LogP contribution in [0.15, 0.2) is 47.0 Å². The van der Waals surface area contributed by atoms with Gasteiger partial charge in [-0.15, -0.1) is 0 Å². The average molecular weight is 325 g/mol. The Morgan fingerprint density at radius 3 is 2.72 bits per heavy atom. The van der Waals surface area contributed by atoms with Gasteiger partial charge in [0.15, 0.2) is 18.3 Å². The van der Waals surface area contributed by atoms with Crippen LogP contribution in [0.25, 0.3) is 33.3 Å². The van der Waals surface area contributed by atoms with Crippen molar-refractivity contribution in [3.63, 3.8) is 0 Å². The Kier molecular flexibility index (Phi) is 2.78. The number of nitrogens with zero attached hydrogens (tertiary/aromatic N) is 2. The minimum Gasteiger partial charge on any atom is -0.437 e. The molecule has 0 atom stereocenters. The summed E-state index contributed by atoms with van der Waals surface area (Å²) in [4.78, 5) is 4.56. The first-order valence-corrected chi connectivity index (χ1v) is 8.57. The van der Waals surface area contributed by atoms with E-state index in [4.69, 9.17) is 12.3 Å². The summed E-state index contributed by atoms with van der Waals surface area (Å²) in [6.45, 7) is 6.90. The molecule has 2 radical (unpaired) electrons. The molecule has 0 fully saturated rings. The Balaban J connectivity index is 1.85. The van der Waals surface area contributed by atoms with Gasteiger partial charge in [-0.1, -0.05) is 19.9 Å². The van der Waals surface area contributed by atoms with E-state index < -0.39 is 0 Å². The minimum atomic E-state index is -0.376. The summed E-state index contributed by atoms with van der Waals surface area (Å²) < 4.78 is 8.46. The third kappa shape index (κ3) is 2.06. The van der Waals surface area contributed by atoms with Crippen LogP contribution in [0.5, 0.6) is 0 Å². The third-order valence-corrected chi connectivity index (χ3v) is 5.11. The Morgan fingerprint density at radius 2 is 1.92 bits per heavy atom. The van der Waals surface area contributed by atoms with Crippen molar-refractivity contribution >= 4 is 29.9 Å². The molecule has 1 aliphatic heterocycles. The second-order valence-corrected chi connectivity index (χ2v) is 7.53. The van der Waals surface area contributed by atoms with Crippen LogP contribution in [0.1, 0.15) is 30.7 Å². The summed E-state index contributed by atoms with van der Waals surface area (Å²) >= 11 is 0. The van der Waals surface area contributed by atoms with Crippen LogP contribution in [0.3, 0.4) is 0 Å². The predicted octanol–water partition coefficient (Wildman–Crippen LogP) is 4.01. The summed E-state index contributed by atoms with van der Waals surface area (Å²) in [6, 6.07) is 12.8. The van der Waals surface area contributed by atoms with E-state index in [9.17, 15) is 0 Å². The first kappa shape index (κ1) is 14.7. The van der Waals surface area contributed by atoms with Gasteiger partial charge in [0, 0.05) is 34.2 Å². The van der Waals surface area contributed by atoms with Gasteiger partial charge in [0.1, 0.15) is 0 Å². The first-order valence-electron chi connectivity index (χ1n) is 8.57. The van der Waals surface area contributed by atoms with Crippen LogP contribution in [-0.4, -0.2) is 12.8 Å². The maximum atomic E-state index is 6.32. The number of rotatable bonds is 1. The van der Waals surface area contributed by atoms with Crippen LogP contribution >= 0.6 is 0 Å². The molecule has 3 aromatic heterocycles. The highest BCUT2D eigenvalue weighted by molar-refractivity contribution is 6.15. The molecule has 4 aromatic rings. The normalized spacial score (nSPS) is 13.4. The zero-order valence-corrected chi connectivity index (χ0v) is 14.6. The highest BCUT2D eigenvalue weighted by Crippen LogP contribution is 2.39. The molecule has 0 N–H and O–H groups in total. The molecule has 1 aromatic carbocycles. The van der Waals surface area contributed by atoms with Gasteiger partial charge in [-0.05, 0) is 36.0 Å². The molecule has 25 heavy (non-hydrogen) atoms. The van der Waals surface area contributed by atoms with E-state index in [2.05, 4.69) is 46.1 Å². The third-order valence-electron chi connectivity index (χ3n) is 5.11. The molecular formula is C21H18BN2O+. The average Bonchev–Trinajstić information content (AvgIpc) is 3.09. The SMILES string of the molecule is [B]C(C)(C)c1cc[n+]2c(c1)-c1c(ccc3c1oc1nc(C)ccc13)C2. The van der Waals surface area contributed by atoms with Crippen molar-refractivity contribution in [2.24, 2.45) is 0 Å². The fraction of sp³-hybridized carbons (Fsp3) is 0.238. The highest BCUT2D eigenvalue weighted by Gasteiger charge is 2.32. The Morgan fingerprint density at radius 1 is 1.12 bits per heavy atom. The van der Waals surface area contributed by atoms with Crippen LogP contribution in [0.4, 0.5) is 0 Å². The number of hydrogen-bond acceptors (Lipinski definition) is 2. The zero-order valence-electron chi connectivity index (χ0n) is 14.6. The van der Waals surface area contributed by atoms with Crippen molar-refractivity contribution < 1.29 is 8.98 Å². The van der Waals surface area contributed by atoms with Gasteiger partial charge in [0.2, 0.25) is 11.4 Å². The van der Waals surface area contributed by atoms with E-state index in [1.807, 2.05) is 26.8 Å². The summed E-state index contributed by atoms with van der Waals surface area (Å²) in [5.74, 6) is 0. The minimum absolute atomic E-state index is 0.376. The summed E-state index contributed by atoms with van der Waals surface area (Å²) in [5.41, 5.74) is 7.31. The van der Waals surface area contributed by atoms with Gasteiger partial charge in [0.25, 0.3) is 0 Å². The van der Waals surface area contributed by atoms with Gasteiger partial charge in [-0.25, -0.2) is 4.98 Å². The summed E-state index contributed by atoms with van der Waals surface area (Å²) in [5, 5.41) is 1.81. The molecule has 0 amide bonds. The lowest BCUT2D eigenvalue weighted by Gasteiger charge is -2.18. The van der Waals surface area contributed by atoms with Crippen molar-refractivity contribution in [1.29, 1.82) is 0 Å². The predicted molar refractivity (Wildman–Crippen MR) is 99.8 cm³/mol. The molecule has 0 aliphatic carbocycles.